The average molecular weight is 421 g/mol. The van der Waals surface area contributed by atoms with E-state index in [-0.39, 0.29) is 5.75 Å². The first-order chi connectivity index (χ1) is 13.0. The maximum absolute atomic E-state index is 10.3. The summed E-state index contributed by atoms with van der Waals surface area (Å²) in [6, 6.07) is 17.3. The molecule has 5 heteroatoms. The summed E-state index contributed by atoms with van der Waals surface area (Å²) in [5, 5.41) is 10.3. The van der Waals surface area contributed by atoms with Crippen molar-refractivity contribution >= 4 is 38.9 Å². The van der Waals surface area contributed by atoms with E-state index in [9.17, 15) is 5.11 Å². The number of aliphatic imine (C=N–C) groups is 1. The first-order valence-electron chi connectivity index (χ1n) is 8.51. The van der Waals surface area contributed by atoms with Gasteiger partial charge in [0.2, 0.25) is 5.89 Å². The molecule has 0 unspecified atom stereocenters. The zero-order chi connectivity index (χ0) is 19.0. The van der Waals surface area contributed by atoms with Crippen LogP contribution in [-0.2, 0) is 0 Å². The number of phenols is 1. The number of aromatic nitrogens is 1. The standard InChI is InChI=1S/C22H17BrN2O2/c1-13-10-16(21(26)20(23)14(13)2)12-24-17-8-9-19-18(11-17)25-22(27-19)15-6-4-3-5-7-15/h3-12,26H,1-2H3. The number of hydrogen-bond donors (Lipinski definition) is 1. The average Bonchev–Trinajstić information content (AvgIpc) is 3.12. The van der Waals surface area contributed by atoms with Gasteiger partial charge in [-0.15, -0.1) is 0 Å². The van der Waals surface area contributed by atoms with E-state index < -0.39 is 0 Å². The number of aromatic hydroxyl groups is 1. The van der Waals surface area contributed by atoms with Gasteiger partial charge in [0, 0.05) is 17.3 Å². The van der Waals surface area contributed by atoms with Crippen molar-refractivity contribution in [1.82, 2.24) is 4.98 Å². The van der Waals surface area contributed by atoms with Crippen LogP contribution in [-0.4, -0.2) is 16.3 Å². The van der Waals surface area contributed by atoms with E-state index in [1.165, 1.54) is 0 Å². The summed E-state index contributed by atoms with van der Waals surface area (Å²) < 4.78 is 6.52. The Balaban J connectivity index is 1.68. The molecule has 0 bridgehead atoms. The molecule has 0 saturated carbocycles. The lowest BCUT2D eigenvalue weighted by molar-refractivity contribution is 0.470. The van der Waals surface area contributed by atoms with Gasteiger partial charge >= 0.3 is 0 Å². The highest BCUT2D eigenvalue weighted by Crippen LogP contribution is 2.33. The minimum atomic E-state index is 0.190. The lowest BCUT2D eigenvalue weighted by Crippen LogP contribution is -1.90. The fourth-order valence-electron chi connectivity index (χ4n) is 2.83. The summed E-state index contributed by atoms with van der Waals surface area (Å²) in [4.78, 5) is 9.05. The molecule has 0 amide bonds. The highest BCUT2D eigenvalue weighted by Gasteiger charge is 2.10. The largest absolute Gasteiger partial charge is 0.506 e. The highest BCUT2D eigenvalue weighted by atomic mass is 79.9. The number of aryl methyl sites for hydroxylation is 1. The highest BCUT2D eigenvalue weighted by molar-refractivity contribution is 9.10. The van der Waals surface area contributed by atoms with Gasteiger partial charge in [0.1, 0.15) is 11.3 Å². The molecule has 0 fully saturated rings. The van der Waals surface area contributed by atoms with Crippen molar-refractivity contribution < 1.29 is 9.52 Å². The second-order valence-corrected chi connectivity index (χ2v) is 7.16. The van der Waals surface area contributed by atoms with E-state index in [2.05, 4.69) is 25.9 Å². The normalized spacial score (nSPS) is 11.5. The molecule has 4 aromatic rings. The molecular formula is C22H17BrN2O2. The lowest BCUT2D eigenvalue weighted by atomic mass is 10.1. The van der Waals surface area contributed by atoms with Crippen LogP contribution in [0.5, 0.6) is 5.75 Å². The van der Waals surface area contributed by atoms with Gasteiger partial charge in [-0.05, 0) is 77.3 Å². The van der Waals surface area contributed by atoms with Crippen LogP contribution in [0, 0.1) is 13.8 Å². The maximum Gasteiger partial charge on any atom is 0.227 e. The SMILES string of the molecule is Cc1cc(C=Nc2ccc3oc(-c4ccccc4)nc3c2)c(O)c(Br)c1C. The summed E-state index contributed by atoms with van der Waals surface area (Å²) >= 11 is 3.43. The number of nitrogens with zero attached hydrogens (tertiary/aromatic N) is 2. The molecule has 1 aromatic heterocycles. The van der Waals surface area contributed by atoms with Crippen LogP contribution < -0.4 is 0 Å². The number of halogens is 1. The van der Waals surface area contributed by atoms with Gasteiger partial charge < -0.3 is 9.52 Å². The Kier molecular flexibility index (Phi) is 4.54. The van der Waals surface area contributed by atoms with E-state index in [1.807, 2.05) is 68.4 Å². The number of hydrogen-bond acceptors (Lipinski definition) is 4. The summed E-state index contributed by atoms with van der Waals surface area (Å²) in [6.07, 6.45) is 1.66. The maximum atomic E-state index is 10.3. The smallest absolute Gasteiger partial charge is 0.227 e. The Labute approximate surface area is 165 Å². The van der Waals surface area contributed by atoms with Crippen molar-refractivity contribution in [2.45, 2.75) is 13.8 Å². The quantitative estimate of drug-likeness (QED) is 0.393. The minimum absolute atomic E-state index is 0.190. The Hall–Kier alpha value is -2.92. The van der Waals surface area contributed by atoms with Gasteiger partial charge in [-0.25, -0.2) is 4.98 Å². The summed E-state index contributed by atoms with van der Waals surface area (Å²) in [6.45, 7) is 3.96. The van der Waals surface area contributed by atoms with Gasteiger partial charge in [0.05, 0.1) is 10.2 Å². The van der Waals surface area contributed by atoms with Crippen molar-refractivity contribution in [3.05, 3.63) is 75.8 Å². The van der Waals surface area contributed by atoms with Gasteiger partial charge in [0.25, 0.3) is 0 Å². The van der Waals surface area contributed by atoms with Crippen LogP contribution in [0.2, 0.25) is 0 Å². The Bertz CT molecular complexity index is 1160. The fraction of sp³-hybridized carbons (Fsp3) is 0.0909. The molecule has 0 saturated heterocycles. The fourth-order valence-corrected chi connectivity index (χ4v) is 3.37. The molecule has 0 atom stereocenters. The zero-order valence-electron chi connectivity index (χ0n) is 14.9. The first kappa shape index (κ1) is 17.5. The first-order valence-corrected chi connectivity index (χ1v) is 9.31. The monoisotopic (exact) mass is 420 g/mol. The molecule has 4 nitrogen and oxygen atoms in total. The molecule has 1 heterocycles. The van der Waals surface area contributed by atoms with E-state index in [4.69, 9.17) is 4.42 Å². The number of benzene rings is 3. The molecule has 1 N–H and O–H groups in total. The second-order valence-electron chi connectivity index (χ2n) is 6.37. The topological polar surface area (TPSA) is 58.6 Å². The van der Waals surface area contributed by atoms with Crippen molar-refractivity contribution in [1.29, 1.82) is 0 Å². The summed E-state index contributed by atoms with van der Waals surface area (Å²) in [5.41, 5.74) is 5.89. The summed E-state index contributed by atoms with van der Waals surface area (Å²) in [7, 11) is 0. The molecule has 27 heavy (non-hydrogen) atoms. The van der Waals surface area contributed by atoms with E-state index >= 15 is 0 Å². The van der Waals surface area contributed by atoms with Crippen molar-refractivity contribution in [3.63, 3.8) is 0 Å². The molecule has 4 rings (SSSR count). The van der Waals surface area contributed by atoms with Crippen LogP contribution >= 0.6 is 15.9 Å². The van der Waals surface area contributed by atoms with E-state index in [1.54, 1.807) is 6.21 Å². The molecule has 0 aliphatic carbocycles. The predicted molar refractivity (Wildman–Crippen MR) is 112 cm³/mol. The van der Waals surface area contributed by atoms with E-state index in [0.29, 0.717) is 21.5 Å². The zero-order valence-corrected chi connectivity index (χ0v) is 16.5. The van der Waals surface area contributed by atoms with Crippen LogP contribution in [0.4, 0.5) is 5.69 Å². The Morgan fingerprint density at radius 3 is 2.63 bits per heavy atom. The third kappa shape index (κ3) is 3.38. The summed E-state index contributed by atoms with van der Waals surface area (Å²) in [5.74, 6) is 0.776. The molecule has 0 aliphatic heterocycles. The van der Waals surface area contributed by atoms with Gasteiger partial charge in [-0.2, -0.15) is 0 Å². The number of rotatable bonds is 3. The molecule has 0 spiro atoms. The van der Waals surface area contributed by atoms with Crippen LogP contribution in [0.25, 0.3) is 22.6 Å². The van der Waals surface area contributed by atoms with Gasteiger partial charge in [-0.1, -0.05) is 18.2 Å². The minimum Gasteiger partial charge on any atom is -0.506 e. The third-order valence-corrected chi connectivity index (χ3v) is 5.49. The van der Waals surface area contributed by atoms with Crippen LogP contribution in [0.3, 0.4) is 0 Å². The lowest BCUT2D eigenvalue weighted by Gasteiger charge is -2.08. The predicted octanol–water partition coefficient (Wildman–Crippen LogP) is 6.33. The van der Waals surface area contributed by atoms with Gasteiger partial charge in [-0.3, -0.25) is 4.99 Å². The molecule has 3 aromatic carbocycles. The molecule has 0 aliphatic rings. The Morgan fingerprint density at radius 1 is 1.07 bits per heavy atom. The molecule has 0 radical (unpaired) electrons. The Morgan fingerprint density at radius 2 is 1.85 bits per heavy atom. The van der Waals surface area contributed by atoms with Crippen molar-refractivity contribution in [2.24, 2.45) is 4.99 Å². The van der Waals surface area contributed by atoms with Crippen LogP contribution in [0.1, 0.15) is 16.7 Å². The molecular weight excluding hydrogens is 404 g/mol. The molecule has 134 valence electrons. The number of fused-ring (bicyclic) bond motifs is 1. The third-order valence-electron chi connectivity index (χ3n) is 4.52. The number of phenolic OH excluding ortho intramolecular Hbond substituents is 1. The van der Waals surface area contributed by atoms with Crippen molar-refractivity contribution in [3.8, 4) is 17.2 Å². The van der Waals surface area contributed by atoms with E-state index in [0.717, 1.165) is 27.9 Å². The van der Waals surface area contributed by atoms with Crippen LogP contribution in [0.15, 0.2) is 68.5 Å². The second kappa shape index (κ2) is 7.00. The van der Waals surface area contributed by atoms with Gasteiger partial charge in [0.15, 0.2) is 5.58 Å². The number of oxazole rings is 1. The van der Waals surface area contributed by atoms with Crippen molar-refractivity contribution in [2.75, 3.05) is 0 Å².